The molecule has 1 aromatic carbocycles. The Bertz CT molecular complexity index is 307. The van der Waals surface area contributed by atoms with Gasteiger partial charge in [-0.2, -0.15) is 0 Å². The molecule has 1 aromatic rings. The first kappa shape index (κ1) is 10.3. The van der Waals surface area contributed by atoms with Gasteiger partial charge in [0.1, 0.15) is 5.75 Å². The summed E-state index contributed by atoms with van der Waals surface area (Å²) < 4.78 is 5.68. The van der Waals surface area contributed by atoms with Crippen molar-refractivity contribution in [3.8, 4) is 5.75 Å². The van der Waals surface area contributed by atoms with E-state index in [0.29, 0.717) is 0 Å². The zero-order valence-corrected chi connectivity index (χ0v) is 9.33. The lowest BCUT2D eigenvalue weighted by Gasteiger charge is -2.12. The van der Waals surface area contributed by atoms with Crippen LogP contribution in [0.15, 0.2) is 24.3 Å². The fraction of sp³-hybridized carbons (Fsp3) is 0.538. The quantitative estimate of drug-likeness (QED) is 0.769. The third kappa shape index (κ3) is 3.15. The predicted molar refractivity (Wildman–Crippen MR) is 63.4 cm³/mol. The highest BCUT2D eigenvalue weighted by Gasteiger charge is 2.20. The van der Waals surface area contributed by atoms with Crippen LogP contribution in [-0.4, -0.2) is 13.2 Å². The third-order valence-corrected chi connectivity index (χ3v) is 2.63. The maximum atomic E-state index is 5.68. The standard InChI is InChI=1S/C13H19NO/c1-2-9-15-13-6-4-3-5-12(13)14-10-11-7-8-11/h3-6,11,14H,2,7-10H2,1H3. The van der Waals surface area contributed by atoms with Crippen LogP contribution in [0.2, 0.25) is 0 Å². The number of hydrogen-bond donors (Lipinski definition) is 1. The monoisotopic (exact) mass is 205 g/mol. The molecular weight excluding hydrogens is 186 g/mol. The number of ether oxygens (including phenoxy) is 1. The van der Waals surface area contributed by atoms with Crippen LogP contribution < -0.4 is 10.1 Å². The van der Waals surface area contributed by atoms with Gasteiger partial charge in [0.05, 0.1) is 12.3 Å². The van der Waals surface area contributed by atoms with Gasteiger partial charge in [0.2, 0.25) is 0 Å². The minimum Gasteiger partial charge on any atom is -0.491 e. The smallest absolute Gasteiger partial charge is 0.142 e. The summed E-state index contributed by atoms with van der Waals surface area (Å²) in [5.74, 6) is 1.88. The topological polar surface area (TPSA) is 21.3 Å². The molecule has 0 saturated heterocycles. The molecule has 1 N–H and O–H groups in total. The third-order valence-electron chi connectivity index (χ3n) is 2.63. The largest absolute Gasteiger partial charge is 0.491 e. The van der Waals surface area contributed by atoms with Crippen molar-refractivity contribution >= 4 is 5.69 Å². The van der Waals surface area contributed by atoms with E-state index in [-0.39, 0.29) is 0 Å². The molecule has 0 atom stereocenters. The normalized spacial score (nSPS) is 15.0. The SMILES string of the molecule is CCCOc1ccccc1NCC1CC1. The minimum atomic E-state index is 0.794. The molecule has 1 aliphatic rings. The number of anilines is 1. The van der Waals surface area contributed by atoms with Gasteiger partial charge < -0.3 is 10.1 Å². The van der Waals surface area contributed by atoms with Crippen molar-refractivity contribution in [1.29, 1.82) is 0 Å². The van der Waals surface area contributed by atoms with Crippen molar-refractivity contribution in [1.82, 2.24) is 0 Å². The van der Waals surface area contributed by atoms with Gasteiger partial charge in [0.25, 0.3) is 0 Å². The molecule has 2 rings (SSSR count). The Morgan fingerprint density at radius 3 is 2.87 bits per heavy atom. The predicted octanol–water partition coefficient (Wildman–Crippen LogP) is 3.30. The summed E-state index contributed by atoms with van der Waals surface area (Å²) in [6.07, 6.45) is 3.81. The summed E-state index contributed by atoms with van der Waals surface area (Å²) in [4.78, 5) is 0. The molecule has 0 radical (unpaired) electrons. The van der Waals surface area contributed by atoms with Gasteiger partial charge in [-0.1, -0.05) is 19.1 Å². The Kier molecular flexibility index (Phi) is 3.49. The number of para-hydroxylation sites is 2. The van der Waals surface area contributed by atoms with Gasteiger partial charge in [0, 0.05) is 6.54 Å². The van der Waals surface area contributed by atoms with Gasteiger partial charge >= 0.3 is 0 Å². The summed E-state index contributed by atoms with van der Waals surface area (Å²) in [7, 11) is 0. The minimum absolute atomic E-state index is 0.794. The lowest BCUT2D eigenvalue weighted by Crippen LogP contribution is -2.05. The average molecular weight is 205 g/mol. The summed E-state index contributed by atoms with van der Waals surface area (Å²) >= 11 is 0. The van der Waals surface area contributed by atoms with Gasteiger partial charge in [-0.15, -0.1) is 0 Å². The van der Waals surface area contributed by atoms with Crippen LogP contribution in [0.25, 0.3) is 0 Å². The molecule has 0 amide bonds. The van der Waals surface area contributed by atoms with E-state index in [2.05, 4.69) is 18.3 Å². The fourth-order valence-corrected chi connectivity index (χ4v) is 1.53. The van der Waals surface area contributed by atoms with Crippen LogP contribution in [0.5, 0.6) is 5.75 Å². The van der Waals surface area contributed by atoms with E-state index >= 15 is 0 Å². The Balaban J connectivity index is 1.93. The van der Waals surface area contributed by atoms with Gasteiger partial charge in [0.15, 0.2) is 0 Å². The van der Waals surface area contributed by atoms with Gasteiger partial charge in [-0.3, -0.25) is 0 Å². The second-order valence-corrected chi connectivity index (χ2v) is 4.17. The summed E-state index contributed by atoms with van der Waals surface area (Å²) in [6, 6.07) is 8.19. The maximum Gasteiger partial charge on any atom is 0.142 e. The lowest BCUT2D eigenvalue weighted by molar-refractivity contribution is 0.319. The molecule has 2 nitrogen and oxygen atoms in total. The first-order valence-corrected chi connectivity index (χ1v) is 5.86. The van der Waals surface area contributed by atoms with Crippen molar-refractivity contribution in [3.05, 3.63) is 24.3 Å². The molecule has 15 heavy (non-hydrogen) atoms. The van der Waals surface area contributed by atoms with Gasteiger partial charge in [-0.25, -0.2) is 0 Å². The van der Waals surface area contributed by atoms with E-state index in [9.17, 15) is 0 Å². The molecular formula is C13H19NO. The van der Waals surface area contributed by atoms with Crippen LogP contribution in [0.1, 0.15) is 26.2 Å². The number of hydrogen-bond acceptors (Lipinski definition) is 2. The van der Waals surface area contributed by atoms with Crippen LogP contribution in [-0.2, 0) is 0 Å². The van der Waals surface area contributed by atoms with E-state index in [1.807, 2.05) is 18.2 Å². The van der Waals surface area contributed by atoms with Gasteiger partial charge in [-0.05, 0) is 37.3 Å². The first-order chi connectivity index (χ1) is 7.40. The van der Waals surface area contributed by atoms with E-state index < -0.39 is 0 Å². The molecule has 1 fully saturated rings. The van der Waals surface area contributed by atoms with Crippen molar-refractivity contribution in [3.63, 3.8) is 0 Å². The molecule has 0 aromatic heterocycles. The molecule has 82 valence electrons. The highest BCUT2D eigenvalue weighted by molar-refractivity contribution is 5.56. The Labute approximate surface area is 91.6 Å². The molecule has 0 spiro atoms. The number of benzene rings is 1. The highest BCUT2D eigenvalue weighted by Crippen LogP contribution is 2.31. The number of rotatable bonds is 6. The number of nitrogens with one attached hydrogen (secondary N) is 1. The Hall–Kier alpha value is -1.18. The first-order valence-electron chi connectivity index (χ1n) is 5.86. The van der Waals surface area contributed by atoms with Crippen LogP contribution in [0.4, 0.5) is 5.69 Å². The molecule has 1 aliphatic carbocycles. The average Bonchev–Trinajstić information content (AvgIpc) is 3.08. The maximum absolute atomic E-state index is 5.68. The van der Waals surface area contributed by atoms with E-state index in [1.165, 1.54) is 12.8 Å². The second-order valence-electron chi connectivity index (χ2n) is 4.17. The molecule has 1 saturated carbocycles. The molecule has 2 heteroatoms. The zero-order chi connectivity index (χ0) is 10.5. The molecule has 0 heterocycles. The van der Waals surface area contributed by atoms with Crippen molar-refractivity contribution < 1.29 is 4.74 Å². The van der Waals surface area contributed by atoms with Crippen LogP contribution in [0.3, 0.4) is 0 Å². The van der Waals surface area contributed by atoms with Crippen LogP contribution in [0, 0.1) is 5.92 Å². The van der Waals surface area contributed by atoms with Crippen LogP contribution >= 0.6 is 0 Å². The van der Waals surface area contributed by atoms with E-state index in [1.54, 1.807) is 0 Å². The Morgan fingerprint density at radius 2 is 2.13 bits per heavy atom. The second kappa shape index (κ2) is 5.06. The van der Waals surface area contributed by atoms with E-state index in [4.69, 9.17) is 4.74 Å². The Morgan fingerprint density at radius 1 is 1.33 bits per heavy atom. The summed E-state index contributed by atoms with van der Waals surface area (Å²) in [5.41, 5.74) is 1.14. The summed E-state index contributed by atoms with van der Waals surface area (Å²) in [6.45, 7) is 4.01. The van der Waals surface area contributed by atoms with E-state index in [0.717, 1.165) is 36.9 Å². The highest BCUT2D eigenvalue weighted by atomic mass is 16.5. The van der Waals surface area contributed by atoms with Crippen molar-refractivity contribution in [2.75, 3.05) is 18.5 Å². The molecule has 0 unspecified atom stereocenters. The zero-order valence-electron chi connectivity index (χ0n) is 9.33. The lowest BCUT2D eigenvalue weighted by atomic mass is 10.3. The summed E-state index contributed by atoms with van der Waals surface area (Å²) in [5, 5.41) is 3.46. The molecule has 0 bridgehead atoms. The van der Waals surface area contributed by atoms with Crippen molar-refractivity contribution in [2.24, 2.45) is 5.92 Å². The fourth-order valence-electron chi connectivity index (χ4n) is 1.53. The molecule has 0 aliphatic heterocycles. The van der Waals surface area contributed by atoms with Crippen molar-refractivity contribution in [2.45, 2.75) is 26.2 Å².